The van der Waals surface area contributed by atoms with Gasteiger partial charge in [-0.15, -0.1) is 0 Å². The van der Waals surface area contributed by atoms with Crippen LogP contribution >= 0.6 is 11.6 Å². The van der Waals surface area contributed by atoms with Crippen LogP contribution in [0.1, 0.15) is 0 Å². The minimum atomic E-state index is 0.408. The van der Waals surface area contributed by atoms with Crippen LogP contribution in [0.25, 0.3) is 27.9 Å². The molecule has 0 aliphatic heterocycles. The number of hydrogen-bond donors (Lipinski definition) is 1. The number of aromatic nitrogens is 7. The van der Waals surface area contributed by atoms with Gasteiger partial charge in [0.15, 0.2) is 11.5 Å². The van der Waals surface area contributed by atoms with Gasteiger partial charge in [0.2, 0.25) is 0 Å². The van der Waals surface area contributed by atoms with Crippen LogP contribution < -0.4 is 0 Å². The lowest BCUT2D eigenvalue weighted by atomic mass is 10.3. The Balaban J connectivity index is 2.16. The Morgan fingerprint density at radius 2 is 2.21 bits per heavy atom. The Morgan fingerprint density at radius 3 is 3.05 bits per heavy atom. The van der Waals surface area contributed by atoms with Gasteiger partial charge >= 0.3 is 0 Å². The number of hydrogen-bond acceptors (Lipinski definition) is 5. The van der Waals surface area contributed by atoms with Crippen LogP contribution in [0.2, 0.25) is 5.15 Å². The maximum atomic E-state index is 6.20. The molecule has 0 bridgehead atoms. The molecule has 0 aliphatic carbocycles. The molecule has 7 nitrogen and oxygen atoms in total. The smallest absolute Gasteiger partial charge is 0.168 e. The van der Waals surface area contributed by atoms with Crippen LogP contribution in [-0.4, -0.2) is 34.8 Å². The maximum Gasteiger partial charge on any atom is 0.168 e. The third-order valence-electron chi connectivity index (χ3n) is 2.87. The summed E-state index contributed by atoms with van der Waals surface area (Å²) < 4.78 is 1.69. The predicted molar refractivity (Wildman–Crippen MR) is 68.7 cm³/mol. The van der Waals surface area contributed by atoms with Gasteiger partial charge in [-0.3, -0.25) is 10.1 Å². The van der Waals surface area contributed by atoms with Crippen LogP contribution in [0.15, 0.2) is 31.0 Å². The third kappa shape index (κ3) is 1.42. The summed E-state index contributed by atoms with van der Waals surface area (Å²) in [6.45, 7) is 0. The van der Waals surface area contributed by atoms with Crippen molar-refractivity contribution in [2.45, 2.75) is 0 Å². The molecule has 1 N–H and O–H groups in total. The maximum absolute atomic E-state index is 6.20. The lowest BCUT2D eigenvalue weighted by Gasteiger charge is -2.02. The van der Waals surface area contributed by atoms with Crippen molar-refractivity contribution in [3.05, 3.63) is 36.1 Å². The van der Waals surface area contributed by atoms with Crippen molar-refractivity contribution < 1.29 is 0 Å². The highest BCUT2D eigenvalue weighted by atomic mass is 35.5. The van der Waals surface area contributed by atoms with E-state index < -0.39 is 0 Å². The number of H-pyrrole nitrogens is 1. The number of halogens is 1. The van der Waals surface area contributed by atoms with Gasteiger partial charge in [-0.1, -0.05) is 11.6 Å². The van der Waals surface area contributed by atoms with E-state index in [2.05, 4.69) is 30.2 Å². The van der Waals surface area contributed by atoms with Gasteiger partial charge in [-0.2, -0.15) is 10.2 Å². The van der Waals surface area contributed by atoms with E-state index in [0.717, 1.165) is 16.5 Å². The Hall–Kier alpha value is -2.54. The summed E-state index contributed by atoms with van der Waals surface area (Å²) >= 11 is 6.20. The Bertz CT molecular complexity index is 881. The lowest BCUT2D eigenvalue weighted by molar-refractivity contribution is 0.979. The fraction of sp³-hybridized carbons (Fsp3) is 0. The Morgan fingerprint density at radius 1 is 1.26 bits per heavy atom. The van der Waals surface area contributed by atoms with E-state index in [1.807, 2.05) is 0 Å². The van der Waals surface area contributed by atoms with E-state index in [4.69, 9.17) is 11.6 Å². The summed E-state index contributed by atoms with van der Waals surface area (Å²) in [4.78, 5) is 12.6. The number of pyridine rings is 1. The summed E-state index contributed by atoms with van der Waals surface area (Å²) in [5, 5.41) is 12.1. The van der Waals surface area contributed by atoms with Gasteiger partial charge in [-0.05, 0) is 6.07 Å². The minimum Gasteiger partial charge on any atom is -0.262 e. The Labute approximate surface area is 111 Å². The summed E-state index contributed by atoms with van der Waals surface area (Å²) in [6.07, 6.45) is 6.48. The first kappa shape index (κ1) is 10.4. The SMILES string of the molecule is Clc1nc2c(-c3ncn[nH]3)cnn2c2cnccc12. The van der Waals surface area contributed by atoms with Crippen LogP contribution in [-0.2, 0) is 0 Å². The molecule has 0 unspecified atom stereocenters. The highest BCUT2D eigenvalue weighted by Gasteiger charge is 2.14. The first-order chi connectivity index (χ1) is 9.34. The van der Waals surface area contributed by atoms with E-state index >= 15 is 0 Å². The van der Waals surface area contributed by atoms with Crippen molar-refractivity contribution in [1.82, 2.24) is 34.8 Å². The second-order valence-corrected chi connectivity index (χ2v) is 4.28. The topological polar surface area (TPSA) is 84.6 Å². The fourth-order valence-corrected chi connectivity index (χ4v) is 2.25. The van der Waals surface area contributed by atoms with E-state index in [0.29, 0.717) is 16.6 Å². The second-order valence-electron chi connectivity index (χ2n) is 3.92. The molecule has 0 atom stereocenters. The molecule has 0 saturated carbocycles. The summed E-state index contributed by atoms with van der Waals surface area (Å²) in [6, 6.07) is 1.81. The van der Waals surface area contributed by atoms with Gasteiger partial charge in [-0.25, -0.2) is 14.5 Å². The van der Waals surface area contributed by atoms with E-state index in [1.54, 1.807) is 29.2 Å². The highest BCUT2D eigenvalue weighted by molar-refractivity contribution is 6.34. The van der Waals surface area contributed by atoms with Gasteiger partial charge in [0.1, 0.15) is 11.5 Å². The number of fused-ring (bicyclic) bond motifs is 3. The van der Waals surface area contributed by atoms with Crippen LogP contribution in [0.4, 0.5) is 0 Å². The summed E-state index contributed by atoms with van der Waals surface area (Å²) in [7, 11) is 0. The normalized spacial score (nSPS) is 11.4. The van der Waals surface area contributed by atoms with Gasteiger partial charge < -0.3 is 0 Å². The molecule has 8 heteroatoms. The van der Waals surface area contributed by atoms with Crippen molar-refractivity contribution in [2.75, 3.05) is 0 Å². The van der Waals surface area contributed by atoms with Crippen molar-refractivity contribution >= 4 is 28.2 Å². The molecular weight excluding hydrogens is 266 g/mol. The van der Waals surface area contributed by atoms with Crippen LogP contribution in [0.3, 0.4) is 0 Å². The minimum absolute atomic E-state index is 0.408. The zero-order chi connectivity index (χ0) is 12.8. The van der Waals surface area contributed by atoms with Gasteiger partial charge in [0, 0.05) is 11.6 Å². The zero-order valence-corrected chi connectivity index (χ0v) is 10.2. The average Bonchev–Trinajstić information content (AvgIpc) is 3.07. The summed E-state index contributed by atoms with van der Waals surface area (Å²) in [5.41, 5.74) is 2.15. The molecule has 0 aliphatic rings. The molecule has 0 aromatic carbocycles. The lowest BCUT2D eigenvalue weighted by Crippen LogP contribution is -1.95. The molecule has 4 aromatic rings. The average molecular weight is 272 g/mol. The van der Waals surface area contributed by atoms with Gasteiger partial charge in [0.25, 0.3) is 0 Å². The number of aromatic amines is 1. The second kappa shape index (κ2) is 3.72. The molecule has 0 amide bonds. The number of nitrogens with one attached hydrogen (secondary N) is 1. The molecule has 4 aromatic heterocycles. The number of nitrogens with zero attached hydrogens (tertiary/aromatic N) is 6. The van der Waals surface area contributed by atoms with Crippen LogP contribution in [0.5, 0.6) is 0 Å². The highest BCUT2D eigenvalue weighted by Crippen LogP contribution is 2.26. The quantitative estimate of drug-likeness (QED) is 0.533. The first-order valence-corrected chi connectivity index (χ1v) is 5.85. The molecule has 0 saturated heterocycles. The van der Waals surface area contributed by atoms with Crippen LogP contribution in [0, 0.1) is 0 Å². The molecule has 0 fully saturated rings. The van der Waals surface area contributed by atoms with Gasteiger partial charge in [0.05, 0.1) is 23.5 Å². The monoisotopic (exact) mass is 271 g/mol. The summed E-state index contributed by atoms with van der Waals surface area (Å²) in [5.74, 6) is 0.599. The number of rotatable bonds is 1. The van der Waals surface area contributed by atoms with Crippen molar-refractivity contribution in [3.8, 4) is 11.4 Å². The fourth-order valence-electron chi connectivity index (χ4n) is 2.01. The zero-order valence-electron chi connectivity index (χ0n) is 9.45. The van der Waals surface area contributed by atoms with Crippen molar-refractivity contribution in [1.29, 1.82) is 0 Å². The first-order valence-electron chi connectivity index (χ1n) is 5.47. The van der Waals surface area contributed by atoms with Crippen molar-refractivity contribution in [2.24, 2.45) is 0 Å². The molecule has 0 radical (unpaired) electrons. The van der Waals surface area contributed by atoms with E-state index in [9.17, 15) is 0 Å². The standard InChI is InChI=1S/C11H6ClN7/c12-9-6-1-2-13-4-8(6)19-11(17-9)7(3-16-19)10-14-5-15-18-10/h1-5H,(H,14,15,18). The molecule has 0 spiro atoms. The predicted octanol–water partition coefficient (Wildman–Crippen LogP) is 1.72. The molecule has 4 rings (SSSR count). The Kier molecular flexibility index (Phi) is 2.04. The molecule has 4 heterocycles. The van der Waals surface area contributed by atoms with Crippen molar-refractivity contribution in [3.63, 3.8) is 0 Å². The van der Waals surface area contributed by atoms with E-state index in [1.165, 1.54) is 6.33 Å². The largest absolute Gasteiger partial charge is 0.262 e. The third-order valence-corrected chi connectivity index (χ3v) is 3.16. The molecule has 19 heavy (non-hydrogen) atoms. The van der Waals surface area contributed by atoms with E-state index in [-0.39, 0.29) is 0 Å². The molecule has 92 valence electrons. The molecular formula is C11H6ClN7.